The van der Waals surface area contributed by atoms with Crippen molar-refractivity contribution in [3.63, 3.8) is 0 Å². The highest BCUT2D eigenvalue weighted by molar-refractivity contribution is 5.89. The van der Waals surface area contributed by atoms with Crippen LogP contribution in [0, 0.1) is 0 Å². The van der Waals surface area contributed by atoms with Gasteiger partial charge in [0.1, 0.15) is 12.4 Å². The van der Waals surface area contributed by atoms with Crippen LogP contribution in [0.3, 0.4) is 0 Å². The molecule has 1 aliphatic heterocycles. The van der Waals surface area contributed by atoms with E-state index in [9.17, 15) is 18.0 Å². The number of halogens is 3. The third kappa shape index (κ3) is 4.37. The van der Waals surface area contributed by atoms with E-state index in [0.717, 1.165) is 28.8 Å². The number of fused-ring (bicyclic) bond motifs is 1. The molecule has 5 nitrogen and oxygen atoms in total. The Morgan fingerprint density at radius 3 is 2.60 bits per heavy atom. The van der Waals surface area contributed by atoms with Gasteiger partial charge >= 0.3 is 12.2 Å². The van der Waals surface area contributed by atoms with Crippen LogP contribution in [0.2, 0.25) is 0 Å². The zero-order chi connectivity index (χ0) is 21.1. The summed E-state index contributed by atoms with van der Waals surface area (Å²) in [7, 11) is 0. The number of urea groups is 1. The zero-order valence-corrected chi connectivity index (χ0v) is 15.8. The second-order valence-corrected chi connectivity index (χ2v) is 6.84. The molecular weight excluding hydrogens is 395 g/mol. The summed E-state index contributed by atoms with van der Waals surface area (Å²) in [5.74, 6) is 0.683. The van der Waals surface area contributed by atoms with Gasteiger partial charge in [0, 0.05) is 23.6 Å². The lowest BCUT2D eigenvalue weighted by molar-refractivity contribution is -0.137. The lowest BCUT2D eigenvalue weighted by Gasteiger charge is -2.21. The summed E-state index contributed by atoms with van der Waals surface area (Å²) in [4.78, 5) is 18.2. The highest BCUT2D eigenvalue weighted by atomic mass is 19.4. The number of anilines is 1. The molecule has 0 saturated carbocycles. The second-order valence-electron chi connectivity index (χ2n) is 6.84. The van der Waals surface area contributed by atoms with Gasteiger partial charge in [-0.1, -0.05) is 12.1 Å². The van der Waals surface area contributed by atoms with Gasteiger partial charge in [0.15, 0.2) is 0 Å². The molecule has 2 amide bonds. The number of amides is 2. The van der Waals surface area contributed by atoms with Crippen LogP contribution in [0.5, 0.6) is 5.75 Å². The summed E-state index contributed by atoms with van der Waals surface area (Å²) in [6, 6.07) is 13.6. The summed E-state index contributed by atoms with van der Waals surface area (Å²) in [6.07, 6.45) is -1.07. The van der Waals surface area contributed by atoms with Crippen LogP contribution < -0.4 is 10.1 Å². The van der Waals surface area contributed by atoms with Crippen molar-refractivity contribution in [3.05, 3.63) is 78.1 Å². The minimum Gasteiger partial charge on any atom is -0.491 e. The average Bonchev–Trinajstić information content (AvgIpc) is 2.96. The van der Waals surface area contributed by atoms with E-state index in [1.54, 1.807) is 12.4 Å². The molecule has 154 valence electrons. The molecule has 0 unspecified atom stereocenters. The number of rotatable bonds is 2. The minimum atomic E-state index is -4.47. The molecule has 1 aliphatic rings. The van der Waals surface area contributed by atoms with Crippen LogP contribution >= 0.6 is 0 Å². The van der Waals surface area contributed by atoms with Crippen LogP contribution in [-0.4, -0.2) is 29.1 Å². The van der Waals surface area contributed by atoms with Crippen molar-refractivity contribution in [1.29, 1.82) is 0 Å². The Bertz CT molecular complexity index is 1050. The topological polar surface area (TPSA) is 54.5 Å². The maximum Gasteiger partial charge on any atom is 0.416 e. The van der Waals surface area contributed by atoms with Crippen molar-refractivity contribution in [1.82, 2.24) is 9.88 Å². The Kier molecular flexibility index (Phi) is 5.31. The van der Waals surface area contributed by atoms with Gasteiger partial charge in [0.2, 0.25) is 0 Å². The molecule has 2 aromatic carbocycles. The number of aromatic nitrogens is 1. The van der Waals surface area contributed by atoms with Gasteiger partial charge in [-0.3, -0.25) is 4.98 Å². The van der Waals surface area contributed by atoms with Gasteiger partial charge in [-0.15, -0.1) is 0 Å². The number of nitrogens with one attached hydrogen (secondary N) is 1. The number of hydrogen-bond acceptors (Lipinski definition) is 3. The second kappa shape index (κ2) is 8.06. The number of hydrogen-bond donors (Lipinski definition) is 1. The molecule has 1 aromatic heterocycles. The molecule has 3 aromatic rings. The van der Waals surface area contributed by atoms with Crippen LogP contribution in [0.1, 0.15) is 11.1 Å². The SMILES string of the molecule is O=C(Nc1cccc(C(F)(F)F)c1)N1CCOc2ccc(-c3ccncc3)cc2C1. The van der Waals surface area contributed by atoms with E-state index >= 15 is 0 Å². The Morgan fingerprint density at radius 1 is 1.03 bits per heavy atom. The van der Waals surface area contributed by atoms with Crippen molar-refractivity contribution in [2.75, 3.05) is 18.5 Å². The van der Waals surface area contributed by atoms with E-state index in [1.165, 1.54) is 17.0 Å². The predicted molar refractivity (Wildman–Crippen MR) is 106 cm³/mol. The first-order valence-electron chi connectivity index (χ1n) is 9.29. The van der Waals surface area contributed by atoms with Gasteiger partial charge in [-0.25, -0.2) is 4.79 Å². The van der Waals surface area contributed by atoms with Crippen LogP contribution in [0.25, 0.3) is 11.1 Å². The lowest BCUT2D eigenvalue weighted by atomic mass is 10.0. The van der Waals surface area contributed by atoms with Crippen molar-refractivity contribution in [2.24, 2.45) is 0 Å². The number of carbonyl (C=O) groups excluding carboxylic acids is 1. The number of nitrogens with zero attached hydrogens (tertiary/aromatic N) is 2. The van der Waals surface area contributed by atoms with Crippen molar-refractivity contribution >= 4 is 11.7 Å². The fourth-order valence-electron chi connectivity index (χ4n) is 3.27. The summed E-state index contributed by atoms with van der Waals surface area (Å²) in [6.45, 7) is 0.876. The molecule has 30 heavy (non-hydrogen) atoms. The van der Waals surface area contributed by atoms with Crippen LogP contribution in [0.15, 0.2) is 67.0 Å². The molecule has 0 bridgehead atoms. The molecule has 2 heterocycles. The number of ether oxygens (including phenoxy) is 1. The molecule has 0 radical (unpaired) electrons. The summed E-state index contributed by atoms with van der Waals surface area (Å²) >= 11 is 0. The van der Waals surface area contributed by atoms with Crippen molar-refractivity contribution < 1.29 is 22.7 Å². The molecule has 0 fully saturated rings. The Balaban J connectivity index is 1.53. The molecule has 4 rings (SSSR count). The summed E-state index contributed by atoms with van der Waals surface area (Å²) < 4.78 is 44.5. The first kappa shape index (κ1) is 19.8. The molecule has 8 heteroatoms. The van der Waals surface area contributed by atoms with Gasteiger partial charge in [0.05, 0.1) is 18.7 Å². The summed E-state index contributed by atoms with van der Waals surface area (Å²) in [5.41, 5.74) is 2.04. The van der Waals surface area contributed by atoms with Gasteiger partial charge in [-0.2, -0.15) is 13.2 Å². The van der Waals surface area contributed by atoms with Crippen molar-refractivity contribution in [2.45, 2.75) is 12.7 Å². The maximum atomic E-state index is 12.9. The maximum absolute atomic E-state index is 12.9. The summed E-state index contributed by atoms with van der Waals surface area (Å²) in [5, 5.41) is 2.55. The molecule has 1 N–H and O–H groups in total. The third-order valence-corrected chi connectivity index (χ3v) is 4.78. The van der Waals surface area contributed by atoms with E-state index in [2.05, 4.69) is 10.3 Å². The van der Waals surface area contributed by atoms with Crippen LogP contribution in [-0.2, 0) is 12.7 Å². The number of carbonyl (C=O) groups is 1. The molecular formula is C22H18F3N3O2. The predicted octanol–water partition coefficient (Wildman–Crippen LogP) is 5.19. The first-order valence-corrected chi connectivity index (χ1v) is 9.29. The molecule has 0 aliphatic carbocycles. The largest absolute Gasteiger partial charge is 0.491 e. The van der Waals surface area contributed by atoms with E-state index < -0.39 is 17.8 Å². The van der Waals surface area contributed by atoms with Crippen molar-refractivity contribution in [3.8, 4) is 16.9 Å². The fourth-order valence-corrected chi connectivity index (χ4v) is 3.27. The van der Waals surface area contributed by atoms with E-state index in [0.29, 0.717) is 12.3 Å². The van der Waals surface area contributed by atoms with Crippen LogP contribution in [0.4, 0.5) is 23.7 Å². The standard InChI is InChI=1S/C22H18F3N3O2/c23-22(24,25)18-2-1-3-19(13-18)27-21(29)28-10-11-30-20-5-4-16(12-17(20)14-28)15-6-8-26-9-7-15/h1-9,12-13H,10-11,14H2,(H,27,29). The highest BCUT2D eigenvalue weighted by Gasteiger charge is 2.30. The van der Waals surface area contributed by atoms with Gasteiger partial charge in [0.25, 0.3) is 0 Å². The van der Waals surface area contributed by atoms with Gasteiger partial charge < -0.3 is 15.0 Å². The number of alkyl halides is 3. The smallest absolute Gasteiger partial charge is 0.416 e. The molecule has 0 spiro atoms. The lowest BCUT2D eigenvalue weighted by Crippen LogP contribution is -2.36. The fraction of sp³-hybridized carbons (Fsp3) is 0.182. The van der Waals surface area contributed by atoms with E-state index in [1.807, 2.05) is 30.3 Å². The third-order valence-electron chi connectivity index (χ3n) is 4.78. The van der Waals surface area contributed by atoms with E-state index in [4.69, 9.17) is 4.74 Å². The Hall–Kier alpha value is -3.55. The zero-order valence-electron chi connectivity index (χ0n) is 15.8. The highest BCUT2D eigenvalue weighted by Crippen LogP contribution is 2.31. The molecule has 0 saturated heterocycles. The quantitative estimate of drug-likeness (QED) is 0.629. The van der Waals surface area contributed by atoms with Gasteiger partial charge in [-0.05, 0) is 53.6 Å². The Morgan fingerprint density at radius 2 is 1.83 bits per heavy atom. The number of benzene rings is 2. The minimum absolute atomic E-state index is 0.0887. The first-order chi connectivity index (χ1) is 14.4. The number of pyridine rings is 1. The monoisotopic (exact) mass is 413 g/mol. The normalized spacial score (nSPS) is 13.8. The average molecular weight is 413 g/mol. The molecule has 0 atom stereocenters. The van der Waals surface area contributed by atoms with E-state index in [-0.39, 0.29) is 18.8 Å². The Labute approximate surface area is 171 Å².